The van der Waals surface area contributed by atoms with Gasteiger partial charge in [0.2, 0.25) is 5.91 Å². The van der Waals surface area contributed by atoms with Gasteiger partial charge >= 0.3 is 0 Å². The van der Waals surface area contributed by atoms with Crippen LogP contribution in [0.4, 0.5) is 5.69 Å². The lowest BCUT2D eigenvalue weighted by atomic mass is 9.53. The van der Waals surface area contributed by atoms with Crippen molar-refractivity contribution in [2.45, 2.75) is 44.1 Å². The van der Waals surface area contributed by atoms with E-state index in [1.807, 2.05) is 36.4 Å². The molecule has 3 aromatic rings. The van der Waals surface area contributed by atoms with E-state index < -0.39 is 0 Å². The van der Waals surface area contributed by atoms with Crippen molar-refractivity contribution < 1.29 is 13.9 Å². The fraction of sp³-hybridized carbons (Fsp3) is 0.480. The van der Waals surface area contributed by atoms with Gasteiger partial charge in [0.1, 0.15) is 16.9 Å². The second-order valence-electron chi connectivity index (χ2n) is 9.75. The number of nitrogens with one attached hydrogen (secondary N) is 2. The zero-order valence-electron chi connectivity index (χ0n) is 17.4. The predicted octanol–water partition coefficient (Wildman–Crippen LogP) is 5.09. The molecule has 4 bridgehead atoms. The molecule has 156 valence electrons. The molecule has 1 heterocycles. The highest BCUT2D eigenvalue weighted by molar-refractivity contribution is 6.07. The fourth-order valence-corrected chi connectivity index (χ4v) is 6.81. The molecule has 0 unspecified atom stereocenters. The van der Waals surface area contributed by atoms with Gasteiger partial charge in [-0.05, 0) is 68.4 Å². The van der Waals surface area contributed by atoms with E-state index in [4.69, 9.17) is 9.15 Å². The lowest BCUT2D eigenvalue weighted by Crippen LogP contribution is -2.59. The third kappa shape index (κ3) is 2.99. The van der Waals surface area contributed by atoms with Gasteiger partial charge in [0.15, 0.2) is 0 Å². The Morgan fingerprint density at radius 2 is 1.73 bits per heavy atom. The summed E-state index contributed by atoms with van der Waals surface area (Å²) in [5.41, 5.74) is 2.42. The maximum atomic E-state index is 12.8. The third-order valence-corrected chi connectivity index (χ3v) is 7.64. The molecule has 2 N–H and O–H groups in total. The van der Waals surface area contributed by atoms with Crippen molar-refractivity contribution in [3.8, 4) is 5.75 Å². The van der Waals surface area contributed by atoms with Crippen molar-refractivity contribution in [3.05, 3.63) is 36.4 Å². The van der Waals surface area contributed by atoms with Gasteiger partial charge < -0.3 is 19.8 Å². The first-order chi connectivity index (χ1) is 14.6. The van der Waals surface area contributed by atoms with Crippen LogP contribution in [0, 0.1) is 17.8 Å². The molecule has 1 amide bonds. The number of anilines is 1. The molecule has 0 saturated heterocycles. The predicted molar refractivity (Wildman–Crippen MR) is 118 cm³/mol. The number of methoxy groups -OCH3 is 1. The highest BCUT2D eigenvalue weighted by Crippen LogP contribution is 2.55. The Balaban J connectivity index is 1.20. The number of rotatable bonds is 5. The summed E-state index contributed by atoms with van der Waals surface area (Å²) in [6, 6.07) is 11.8. The summed E-state index contributed by atoms with van der Waals surface area (Å²) in [6.07, 6.45) is 7.92. The minimum atomic E-state index is -0.0282. The number of ether oxygens (including phenoxy) is 1. The maximum absolute atomic E-state index is 12.8. The van der Waals surface area contributed by atoms with E-state index in [-0.39, 0.29) is 11.4 Å². The average Bonchev–Trinajstić information content (AvgIpc) is 3.08. The molecule has 2 aromatic carbocycles. The van der Waals surface area contributed by atoms with Crippen molar-refractivity contribution in [2.75, 3.05) is 19.0 Å². The molecule has 0 spiro atoms. The second kappa shape index (κ2) is 6.74. The van der Waals surface area contributed by atoms with E-state index in [9.17, 15) is 4.79 Å². The van der Waals surface area contributed by atoms with Gasteiger partial charge in [-0.1, -0.05) is 18.2 Å². The first kappa shape index (κ1) is 18.3. The van der Waals surface area contributed by atoms with Crippen LogP contribution in [0.1, 0.15) is 38.5 Å². The molecule has 5 nitrogen and oxygen atoms in total. The van der Waals surface area contributed by atoms with Crippen LogP contribution in [-0.4, -0.2) is 25.1 Å². The number of amides is 1. The summed E-state index contributed by atoms with van der Waals surface area (Å²) >= 11 is 0. The highest BCUT2D eigenvalue weighted by Gasteiger charge is 2.50. The van der Waals surface area contributed by atoms with Gasteiger partial charge in [0.25, 0.3) is 0 Å². The molecular weight excluding hydrogens is 376 g/mol. The maximum Gasteiger partial charge on any atom is 0.238 e. The number of hydrogen-bond acceptors (Lipinski definition) is 4. The number of carbonyl (C=O) groups is 1. The van der Waals surface area contributed by atoms with E-state index in [2.05, 4.69) is 10.6 Å². The first-order valence-corrected chi connectivity index (χ1v) is 11.1. The summed E-state index contributed by atoms with van der Waals surface area (Å²) in [6.45, 7) is 0.341. The lowest BCUT2D eigenvalue weighted by molar-refractivity contribution is -0.116. The Kier molecular flexibility index (Phi) is 4.10. The Morgan fingerprint density at radius 3 is 2.43 bits per heavy atom. The molecule has 0 aliphatic heterocycles. The minimum absolute atomic E-state index is 0.0282. The number of benzene rings is 2. The van der Waals surface area contributed by atoms with Crippen LogP contribution >= 0.6 is 0 Å². The Labute approximate surface area is 176 Å². The molecular formula is C25H28N2O3. The molecule has 5 heteroatoms. The second-order valence-corrected chi connectivity index (χ2v) is 9.75. The number of para-hydroxylation sites is 1. The van der Waals surface area contributed by atoms with Crippen molar-refractivity contribution >= 4 is 33.5 Å². The lowest BCUT2D eigenvalue weighted by Gasteiger charge is -2.57. The molecule has 0 atom stereocenters. The molecule has 7 rings (SSSR count). The molecule has 1 aromatic heterocycles. The minimum Gasteiger partial charge on any atom is -0.495 e. The smallest absolute Gasteiger partial charge is 0.238 e. The zero-order chi connectivity index (χ0) is 20.3. The summed E-state index contributed by atoms with van der Waals surface area (Å²) < 4.78 is 11.6. The first-order valence-electron chi connectivity index (χ1n) is 11.1. The zero-order valence-corrected chi connectivity index (χ0v) is 17.4. The van der Waals surface area contributed by atoms with Crippen molar-refractivity contribution in [2.24, 2.45) is 17.8 Å². The highest BCUT2D eigenvalue weighted by atomic mass is 16.5. The van der Waals surface area contributed by atoms with E-state index in [0.29, 0.717) is 18.0 Å². The molecule has 4 fully saturated rings. The number of hydrogen-bond donors (Lipinski definition) is 2. The van der Waals surface area contributed by atoms with Crippen LogP contribution in [0.3, 0.4) is 0 Å². The average molecular weight is 405 g/mol. The normalized spacial score (nSPS) is 29.6. The summed E-state index contributed by atoms with van der Waals surface area (Å²) in [5.74, 6) is 3.21. The van der Waals surface area contributed by atoms with Gasteiger partial charge in [-0.2, -0.15) is 0 Å². The molecule has 4 aliphatic carbocycles. The van der Waals surface area contributed by atoms with Crippen LogP contribution in [-0.2, 0) is 4.79 Å². The van der Waals surface area contributed by atoms with Crippen molar-refractivity contribution in [1.29, 1.82) is 0 Å². The molecule has 30 heavy (non-hydrogen) atoms. The van der Waals surface area contributed by atoms with Gasteiger partial charge in [0.05, 0.1) is 19.3 Å². The topological polar surface area (TPSA) is 63.5 Å². The van der Waals surface area contributed by atoms with Crippen LogP contribution in [0.15, 0.2) is 40.8 Å². The summed E-state index contributed by atoms with van der Waals surface area (Å²) in [7, 11) is 1.63. The van der Waals surface area contributed by atoms with Crippen LogP contribution < -0.4 is 15.4 Å². The SMILES string of the molecule is COc1cc2c(cc1NC(=O)CNC13CC4CC(CC(C4)C1)C3)oc1ccccc12. The summed E-state index contributed by atoms with van der Waals surface area (Å²) in [5, 5.41) is 8.75. The van der Waals surface area contributed by atoms with Crippen LogP contribution in [0.25, 0.3) is 21.9 Å². The van der Waals surface area contributed by atoms with Crippen LogP contribution in [0.2, 0.25) is 0 Å². The van der Waals surface area contributed by atoms with Crippen molar-refractivity contribution in [1.82, 2.24) is 5.32 Å². The third-order valence-electron chi connectivity index (χ3n) is 7.64. The number of furan rings is 1. The van der Waals surface area contributed by atoms with Crippen LogP contribution in [0.5, 0.6) is 5.75 Å². The Hall–Kier alpha value is -2.53. The van der Waals surface area contributed by atoms with Gasteiger partial charge in [-0.3, -0.25) is 4.79 Å². The van der Waals surface area contributed by atoms with E-state index in [0.717, 1.165) is 39.7 Å². The molecule has 0 radical (unpaired) electrons. The standard InChI is InChI=1S/C25H28N2O3/c1-29-23-9-19-18-4-2-3-5-21(18)30-22(19)10-20(23)27-24(28)14-26-25-11-15-6-16(12-25)8-17(7-15)13-25/h2-5,9-10,15-17,26H,6-8,11-14H2,1H3,(H,27,28). The molecule has 4 saturated carbocycles. The van der Waals surface area contributed by atoms with Gasteiger partial charge in [0, 0.05) is 22.4 Å². The Bertz CT molecular complexity index is 1100. The largest absolute Gasteiger partial charge is 0.495 e. The monoisotopic (exact) mass is 404 g/mol. The van der Waals surface area contributed by atoms with Crippen molar-refractivity contribution in [3.63, 3.8) is 0 Å². The number of fused-ring (bicyclic) bond motifs is 3. The van der Waals surface area contributed by atoms with E-state index in [1.165, 1.54) is 38.5 Å². The van der Waals surface area contributed by atoms with E-state index >= 15 is 0 Å². The Morgan fingerprint density at radius 1 is 1.03 bits per heavy atom. The number of carbonyl (C=O) groups excluding carboxylic acids is 1. The quantitative estimate of drug-likeness (QED) is 0.622. The molecule has 4 aliphatic rings. The fourth-order valence-electron chi connectivity index (χ4n) is 6.81. The van der Waals surface area contributed by atoms with Gasteiger partial charge in [-0.15, -0.1) is 0 Å². The summed E-state index contributed by atoms with van der Waals surface area (Å²) in [4.78, 5) is 12.8. The van der Waals surface area contributed by atoms with E-state index in [1.54, 1.807) is 7.11 Å². The van der Waals surface area contributed by atoms with Gasteiger partial charge in [-0.25, -0.2) is 0 Å².